The molecule has 0 aliphatic carbocycles. The Bertz CT molecular complexity index is 220. The molecule has 74 valence electrons. The first kappa shape index (κ1) is 9.45. The summed E-state index contributed by atoms with van der Waals surface area (Å²) in [5, 5.41) is 9.53. The molecule has 5 heteroatoms. The number of thioether (sulfide) groups is 1. The van der Waals surface area contributed by atoms with E-state index in [9.17, 15) is 9.90 Å². The van der Waals surface area contributed by atoms with Crippen LogP contribution in [0.2, 0.25) is 0 Å². The van der Waals surface area contributed by atoms with Gasteiger partial charge in [-0.25, -0.2) is 0 Å². The van der Waals surface area contributed by atoms with E-state index in [-0.39, 0.29) is 22.6 Å². The van der Waals surface area contributed by atoms with Crippen molar-refractivity contribution < 1.29 is 19.4 Å². The van der Waals surface area contributed by atoms with Crippen molar-refractivity contribution in [2.75, 3.05) is 13.2 Å². The molecular formula is C8H12O4S. The average molecular weight is 204 g/mol. The minimum absolute atomic E-state index is 0.0552. The van der Waals surface area contributed by atoms with Crippen molar-refractivity contribution in [3.63, 3.8) is 0 Å². The molecule has 13 heavy (non-hydrogen) atoms. The van der Waals surface area contributed by atoms with Crippen molar-refractivity contribution in [3.8, 4) is 0 Å². The molecule has 0 amide bonds. The summed E-state index contributed by atoms with van der Waals surface area (Å²) in [6.07, 6.45) is -0.858. The van der Waals surface area contributed by atoms with Crippen LogP contribution in [0.3, 0.4) is 0 Å². The van der Waals surface area contributed by atoms with Crippen molar-refractivity contribution in [2.24, 2.45) is 0 Å². The Balaban J connectivity index is 1.98. The van der Waals surface area contributed by atoms with Gasteiger partial charge >= 0.3 is 0 Å². The number of carbonyl (C=O) groups is 1. The number of carbonyl (C=O) groups excluding carboxylic acids is 1. The van der Waals surface area contributed by atoms with Crippen molar-refractivity contribution in [3.05, 3.63) is 0 Å². The van der Waals surface area contributed by atoms with Gasteiger partial charge in [0.2, 0.25) is 0 Å². The van der Waals surface area contributed by atoms with E-state index in [2.05, 4.69) is 0 Å². The predicted octanol–water partition coefficient (Wildman–Crippen LogP) is -0.207. The summed E-state index contributed by atoms with van der Waals surface area (Å²) < 4.78 is 10.7. The maximum absolute atomic E-state index is 10.9. The van der Waals surface area contributed by atoms with Crippen LogP contribution in [-0.2, 0) is 14.3 Å². The third-order valence-electron chi connectivity index (χ3n) is 2.30. The summed E-state index contributed by atoms with van der Waals surface area (Å²) in [5.74, 6) is 0. The van der Waals surface area contributed by atoms with Gasteiger partial charge in [-0.1, -0.05) is 11.8 Å². The van der Waals surface area contributed by atoms with E-state index in [4.69, 9.17) is 9.47 Å². The van der Waals surface area contributed by atoms with Gasteiger partial charge in [-0.2, -0.15) is 0 Å². The van der Waals surface area contributed by atoms with Gasteiger partial charge in [-0.15, -0.1) is 0 Å². The number of aliphatic hydroxyl groups excluding tert-OH is 1. The molecule has 2 aliphatic rings. The van der Waals surface area contributed by atoms with Crippen LogP contribution in [0.1, 0.15) is 6.92 Å². The van der Waals surface area contributed by atoms with Crippen LogP contribution < -0.4 is 0 Å². The van der Waals surface area contributed by atoms with Crippen LogP contribution in [-0.4, -0.2) is 47.0 Å². The average Bonchev–Trinajstić information content (AvgIpc) is 2.56. The summed E-state index contributed by atoms with van der Waals surface area (Å²) in [5.41, 5.74) is 0. The van der Waals surface area contributed by atoms with E-state index >= 15 is 0 Å². The molecule has 0 aromatic rings. The van der Waals surface area contributed by atoms with E-state index in [1.54, 1.807) is 0 Å². The second-order valence-corrected chi connectivity index (χ2v) is 4.73. The molecule has 2 saturated heterocycles. The molecule has 2 heterocycles. The van der Waals surface area contributed by atoms with Crippen LogP contribution in [0.4, 0.5) is 0 Å². The van der Waals surface area contributed by atoms with Gasteiger partial charge in [-0.05, 0) is 0 Å². The lowest BCUT2D eigenvalue weighted by Gasteiger charge is -2.12. The maximum atomic E-state index is 10.9. The summed E-state index contributed by atoms with van der Waals surface area (Å²) in [6, 6.07) is 0. The van der Waals surface area contributed by atoms with Gasteiger partial charge in [0.1, 0.15) is 18.3 Å². The number of hydrogen-bond acceptors (Lipinski definition) is 5. The Kier molecular flexibility index (Phi) is 2.60. The minimum atomic E-state index is -0.525. The first-order chi connectivity index (χ1) is 6.18. The summed E-state index contributed by atoms with van der Waals surface area (Å²) in [7, 11) is 0. The van der Waals surface area contributed by atoms with E-state index < -0.39 is 6.10 Å². The van der Waals surface area contributed by atoms with Crippen molar-refractivity contribution in [1.82, 2.24) is 0 Å². The molecule has 0 aromatic carbocycles. The number of fused-ring (bicyclic) bond motifs is 1. The minimum Gasteiger partial charge on any atom is -0.388 e. The van der Waals surface area contributed by atoms with E-state index in [1.165, 1.54) is 18.7 Å². The summed E-state index contributed by atoms with van der Waals surface area (Å²) in [6.45, 7) is 2.35. The molecule has 4 nitrogen and oxygen atoms in total. The highest BCUT2D eigenvalue weighted by atomic mass is 32.2. The smallest absolute Gasteiger partial charge is 0.186 e. The van der Waals surface area contributed by atoms with Crippen LogP contribution >= 0.6 is 11.8 Å². The van der Waals surface area contributed by atoms with Gasteiger partial charge in [0.05, 0.1) is 18.5 Å². The lowest BCUT2D eigenvalue weighted by atomic mass is 10.1. The molecule has 4 atom stereocenters. The Hall–Kier alpha value is -0.100. The first-order valence-corrected chi connectivity index (χ1v) is 5.15. The quantitative estimate of drug-likeness (QED) is 0.640. The molecule has 2 unspecified atom stereocenters. The van der Waals surface area contributed by atoms with E-state index in [0.29, 0.717) is 13.2 Å². The van der Waals surface area contributed by atoms with Crippen molar-refractivity contribution in [1.29, 1.82) is 0 Å². The molecule has 1 N–H and O–H groups in total. The second-order valence-electron chi connectivity index (χ2n) is 3.31. The number of rotatable bonds is 1. The molecule has 0 aromatic heterocycles. The Morgan fingerprint density at radius 3 is 2.77 bits per heavy atom. The van der Waals surface area contributed by atoms with Crippen LogP contribution in [0.25, 0.3) is 0 Å². The monoisotopic (exact) mass is 204 g/mol. The number of aliphatic hydroxyl groups is 1. The van der Waals surface area contributed by atoms with Gasteiger partial charge in [0.15, 0.2) is 5.12 Å². The van der Waals surface area contributed by atoms with Crippen molar-refractivity contribution >= 4 is 16.9 Å². The molecule has 0 bridgehead atoms. The van der Waals surface area contributed by atoms with Gasteiger partial charge in [-0.3, -0.25) is 4.79 Å². The van der Waals surface area contributed by atoms with Crippen molar-refractivity contribution in [2.45, 2.75) is 30.5 Å². The van der Waals surface area contributed by atoms with Crippen LogP contribution in [0.5, 0.6) is 0 Å². The van der Waals surface area contributed by atoms with Crippen LogP contribution in [0.15, 0.2) is 0 Å². The second kappa shape index (κ2) is 3.57. The van der Waals surface area contributed by atoms with E-state index in [0.717, 1.165) is 0 Å². The third kappa shape index (κ3) is 1.74. The van der Waals surface area contributed by atoms with Gasteiger partial charge in [0, 0.05) is 6.92 Å². The predicted molar refractivity (Wildman–Crippen MR) is 47.5 cm³/mol. The molecular weight excluding hydrogens is 192 g/mol. The van der Waals surface area contributed by atoms with E-state index in [1.807, 2.05) is 0 Å². The molecule has 0 saturated carbocycles. The molecule has 2 fully saturated rings. The highest BCUT2D eigenvalue weighted by Gasteiger charge is 2.47. The fourth-order valence-corrected chi connectivity index (χ4v) is 2.70. The molecule has 0 spiro atoms. The number of hydrogen-bond donors (Lipinski definition) is 1. The largest absolute Gasteiger partial charge is 0.388 e. The third-order valence-corrected chi connectivity index (χ3v) is 3.34. The fraction of sp³-hybridized carbons (Fsp3) is 0.875. The molecule has 2 rings (SSSR count). The normalized spacial score (nSPS) is 43.5. The Labute approximate surface area is 80.6 Å². The fourth-order valence-electron chi connectivity index (χ4n) is 1.76. The topological polar surface area (TPSA) is 55.8 Å². The number of ether oxygens (including phenoxy) is 2. The lowest BCUT2D eigenvalue weighted by Crippen LogP contribution is -2.30. The Morgan fingerprint density at radius 1 is 1.38 bits per heavy atom. The standard InChI is InChI=1S/C8H12O4S/c1-4(9)13-6-3-12-7-5(10)2-11-8(6)7/h5-8,10H,2-3H2,1H3/t5-,6+,7?,8?/m1/s1. The first-order valence-electron chi connectivity index (χ1n) is 4.27. The van der Waals surface area contributed by atoms with Gasteiger partial charge in [0.25, 0.3) is 0 Å². The molecule has 2 aliphatic heterocycles. The van der Waals surface area contributed by atoms with Crippen LogP contribution in [0, 0.1) is 0 Å². The van der Waals surface area contributed by atoms with Gasteiger partial charge < -0.3 is 14.6 Å². The zero-order valence-electron chi connectivity index (χ0n) is 7.30. The maximum Gasteiger partial charge on any atom is 0.186 e. The Morgan fingerprint density at radius 2 is 2.08 bits per heavy atom. The zero-order valence-corrected chi connectivity index (χ0v) is 8.12. The summed E-state index contributed by atoms with van der Waals surface area (Å²) >= 11 is 1.24. The molecule has 0 radical (unpaired) electrons. The highest BCUT2D eigenvalue weighted by molar-refractivity contribution is 8.14. The highest BCUT2D eigenvalue weighted by Crippen LogP contribution is 2.33. The SMILES string of the molecule is CC(=O)S[C@H]1COC2C1OC[C@H]2O. The lowest BCUT2D eigenvalue weighted by molar-refractivity contribution is -0.109. The summed E-state index contributed by atoms with van der Waals surface area (Å²) in [4.78, 5) is 10.9. The zero-order chi connectivity index (χ0) is 9.42.